The molecule has 1 fully saturated rings. The van der Waals surface area contributed by atoms with Gasteiger partial charge in [-0.25, -0.2) is 0 Å². The van der Waals surface area contributed by atoms with Crippen LogP contribution in [0.1, 0.15) is 138 Å². The van der Waals surface area contributed by atoms with Gasteiger partial charge in [-0.05, 0) is 24.7 Å². The van der Waals surface area contributed by atoms with Gasteiger partial charge in [-0.15, -0.1) is 0 Å². The lowest BCUT2D eigenvalue weighted by atomic mass is 10.0. The van der Waals surface area contributed by atoms with Gasteiger partial charge in [0.05, 0.1) is 0 Å². The third-order valence-electron chi connectivity index (χ3n) is 1.33. The maximum atomic E-state index is 2.19. The van der Waals surface area contributed by atoms with E-state index >= 15 is 0 Å². The van der Waals surface area contributed by atoms with E-state index in [9.17, 15) is 0 Å². The molecule has 0 unspecified atom stereocenters. The van der Waals surface area contributed by atoms with Crippen molar-refractivity contribution in [2.45, 2.75) is 138 Å². The first-order valence-electron chi connectivity index (χ1n) is 8.49. The highest BCUT2D eigenvalue weighted by molar-refractivity contribution is 4.68. The van der Waals surface area contributed by atoms with E-state index in [-0.39, 0.29) is 29.7 Å². The Kier molecular flexibility index (Phi) is 70.5. The molecule has 0 radical (unpaired) electrons. The van der Waals surface area contributed by atoms with Crippen LogP contribution in [-0.4, -0.2) is 0 Å². The summed E-state index contributed by atoms with van der Waals surface area (Å²) in [7, 11) is 0. The largest absolute Gasteiger partial charge is 0.0919 e. The molecule has 1 aliphatic rings. The van der Waals surface area contributed by atoms with Gasteiger partial charge >= 0.3 is 0 Å². The van der Waals surface area contributed by atoms with Crippen LogP contribution < -0.4 is 0 Å². The van der Waals surface area contributed by atoms with Crippen LogP contribution in [0.3, 0.4) is 0 Å². The Morgan fingerprint density at radius 1 is 0.458 bits per heavy atom. The zero-order valence-corrected chi connectivity index (χ0v) is 17.0. The Morgan fingerprint density at radius 2 is 0.542 bits per heavy atom. The van der Waals surface area contributed by atoms with Gasteiger partial charge < -0.3 is 0 Å². The molecule has 158 valence electrons. The molecule has 0 aliphatic heterocycles. The zero-order valence-electron chi connectivity index (χ0n) is 17.0. The summed E-state index contributed by atoms with van der Waals surface area (Å²) in [6.07, 6.45) is 10.0. The first-order chi connectivity index (χ1) is 8.91. The number of hydrogen-bond donors (Lipinski definition) is 0. The Labute approximate surface area is 161 Å². The predicted octanol–water partition coefficient (Wildman–Crippen LogP) is 10.8. The minimum Gasteiger partial charge on any atom is -0.0919 e. The quantitative estimate of drug-likeness (QED) is 0.381. The van der Waals surface area contributed by atoms with Gasteiger partial charge in [0.1, 0.15) is 0 Å². The van der Waals surface area contributed by atoms with Gasteiger partial charge in [0.2, 0.25) is 0 Å². The van der Waals surface area contributed by atoms with Crippen LogP contribution in [0.5, 0.6) is 0 Å². The second kappa shape index (κ2) is 34.2. The fourth-order valence-electron chi connectivity index (χ4n) is 0.250. The Balaban J connectivity index is -0.0000000218. The Morgan fingerprint density at radius 3 is 0.542 bits per heavy atom. The standard InChI is InChI=1S/2C5H12.2C4H8.C2H6.4CH4/c2*1-5(2,3)4;1-2-4-3-1;1-3-4-2;1-2;;;;/h2*1-4H3;1-4H2;3-4H,1-2H3;1-2H3;4*1H4. The van der Waals surface area contributed by atoms with Gasteiger partial charge in [-0.1, -0.05) is 137 Å². The van der Waals surface area contributed by atoms with Crippen molar-refractivity contribution in [3.63, 3.8) is 0 Å². The molecular weight excluding hydrogens is 288 g/mol. The molecule has 1 saturated carbocycles. The van der Waals surface area contributed by atoms with E-state index < -0.39 is 0 Å². The second-order valence-electron chi connectivity index (χ2n) is 8.08. The van der Waals surface area contributed by atoms with E-state index in [1.807, 2.05) is 39.8 Å². The Bertz CT molecular complexity index is 125. The summed E-state index contributed by atoms with van der Waals surface area (Å²) in [5.41, 5.74) is 1.00. The smallest absolute Gasteiger partial charge is 0.0411 e. The molecule has 24 heavy (non-hydrogen) atoms. The highest BCUT2D eigenvalue weighted by Gasteiger charge is 1.96. The summed E-state index contributed by atoms with van der Waals surface area (Å²) in [5.74, 6) is 0. The van der Waals surface area contributed by atoms with Gasteiger partial charge in [-0.2, -0.15) is 0 Å². The van der Waals surface area contributed by atoms with Crippen molar-refractivity contribution in [2.24, 2.45) is 10.8 Å². The van der Waals surface area contributed by atoms with Crippen LogP contribution >= 0.6 is 0 Å². The van der Waals surface area contributed by atoms with Crippen molar-refractivity contribution >= 4 is 0 Å². The maximum Gasteiger partial charge on any atom is -0.0411 e. The van der Waals surface area contributed by atoms with Crippen LogP contribution in [0.15, 0.2) is 12.2 Å². The topological polar surface area (TPSA) is 0 Å². The molecule has 0 aromatic rings. The Hall–Kier alpha value is -0.260. The highest BCUT2D eigenvalue weighted by Crippen LogP contribution is 2.15. The van der Waals surface area contributed by atoms with E-state index in [2.05, 4.69) is 55.4 Å². The van der Waals surface area contributed by atoms with Crippen molar-refractivity contribution < 1.29 is 0 Å². The zero-order chi connectivity index (χ0) is 17.2. The summed E-state index contributed by atoms with van der Waals surface area (Å²) in [4.78, 5) is 0. The van der Waals surface area contributed by atoms with E-state index in [1.54, 1.807) is 0 Å². The van der Waals surface area contributed by atoms with Gasteiger partial charge in [0.25, 0.3) is 0 Å². The molecule has 0 bridgehead atoms. The normalized spacial score (nSPS) is 10.8. The average molecular weight is 351 g/mol. The lowest BCUT2D eigenvalue weighted by Gasteiger charge is -2.05. The molecule has 0 heterocycles. The molecule has 0 atom stereocenters. The third-order valence-corrected chi connectivity index (χ3v) is 1.33. The van der Waals surface area contributed by atoms with Crippen molar-refractivity contribution in [3.8, 4) is 0 Å². The average Bonchev–Trinajstić information content (AvgIpc) is 2.12. The lowest BCUT2D eigenvalue weighted by Crippen LogP contribution is -1.93. The minimum atomic E-state index is 0. The first-order valence-corrected chi connectivity index (χ1v) is 8.49. The molecule has 1 rings (SSSR count). The summed E-state index contributed by atoms with van der Waals surface area (Å²) in [6.45, 7) is 25.5. The minimum absolute atomic E-state index is 0. The molecule has 1 aliphatic carbocycles. The van der Waals surface area contributed by atoms with Crippen molar-refractivity contribution in [1.82, 2.24) is 0 Å². The van der Waals surface area contributed by atoms with Crippen LogP contribution in [0, 0.1) is 10.8 Å². The molecule has 0 amide bonds. The molecule has 0 nitrogen and oxygen atoms in total. The summed E-state index contributed by atoms with van der Waals surface area (Å²) < 4.78 is 0. The van der Waals surface area contributed by atoms with E-state index in [4.69, 9.17) is 0 Å². The van der Waals surface area contributed by atoms with Crippen LogP contribution in [-0.2, 0) is 0 Å². The molecule has 0 N–H and O–H groups in total. The number of allylic oxidation sites excluding steroid dienone is 2. The van der Waals surface area contributed by atoms with Crippen molar-refractivity contribution in [2.75, 3.05) is 0 Å². The monoisotopic (exact) mass is 350 g/mol. The van der Waals surface area contributed by atoms with Crippen molar-refractivity contribution in [3.05, 3.63) is 12.2 Å². The summed E-state index contributed by atoms with van der Waals surface area (Å²) in [5, 5.41) is 0. The van der Waals surface area contributed by atoms with E-state index in [0.717, 1.165) is 0 Å². The SMILES string of the molecule is C.C.C.C.C1CCC1.CC.CC(C)(C)C.CC(C)(C)C.CC=CC. The summed E-state index contributed by atoms with van der Waals surface area (Å²) >= 11 is 0. The van der Waals surface area contributed by atoms with Gasteiger partial charge in [-0.3, -0.25) is 0 Å². The highest BCUT2D eigenvalue weighted by atomic mass is 14.0. The summed E-state index contributed by atoms with van der Waals surface area (Å²) in [6, 6.07) is 0. The maximum absolute atomic E-state index is 2.19. The number of rotatable bonds is 0. The molecule has 0 saturated heterocycles. The first kappa shape index (κ1) is 49.6. The molecule has 0 aromatic carbocycles. The molecule has 0 spiro atoms. The van der Waals surface area contributed by atoms with E-state index in [0.29, 0.717) is 10.8 Å². The van der Waals surface area contributed by atoms with Crippen LogP contribution in [0.25, 0.3) is 0 Å². The second-order valence-corrected chi connectivity index (χ2v) is 8.08. The van der Waals surface area contributed by atoms with Crippen LogP contribution in [0.4, 0.5) is 0 Å². The number of hydrogen-bond acceptors (Lipinski definition) is 0. The predicted molar refractivity (Wildman–Crippen MR) is 127 cm³/mol. The van der Waals surface area contributed by atoms with Gasteiger partial charge in [0, 0.05) is 0 Å². The fourth-order valence-corrected chi connectivity index (χ4v) is 0.250. The molecule has 0 heteroatoms. The third kappa shape index (κ3) is 416. The molecular formula is C24H62. The van der Waals surface area contributed by atoms with Crippen LogP contribution in [0.2, 0.25) is 0 Å². The fraction of sp³-hybridized carbons (Fsp3) is 0.917. The van der Waals surface area contributed by atoms with Crippen molar-refractivity contribution in [1.29, 1.82) is 0 Å². The van der Waals surface area contributed by atoms with Gasteiger partial charge in [0.15, 0.2) is 0 Å². The molecule has 0 aromatic heterocycles. The van der Waals surface area contributed by atoms with E-state index in [1.165, 1.54) is 25.7 Å². The lowest BCUT2D eigenvalue weighted by molar-refractivity contribution is 0.469.